The van der Waals surface area contributed by atoms with E-state index in [0.29, 0.717) is 5.89 Å². The lowest BCUT2D eigenvalue weighted by Gasteiger charge is -2.09. The lowest BCUT2D eigenvalue weighted by Crippen LogP contribution is -2.10. The lowest BCUT2D eigenvalue weighted by atomic mass is 10.1. The van der Waals surface area contributed by atoms with E-state index in [1.165, 1.54) is 12.3 Å². The fourth-order valence-corrected chi connectivity index (χ4v) is 2.29. The number of esters is 1. The number of carbonyl (C=O) groups is 1. The van der Waals surface area contributed by atoms with Crippen molar-refractivity contribution in [1.29, 1.82) is 0 Å². The van der Waals surface area contributed by atoms with Crippen LogP contribution in [0, 0.1) is 6.92 Å². The number of halogens is 2. The van der Waals surface area contributed by atoms with Crippen molar-refractivity contribution in [3.05, 3.63) is 63.7 Å². The van der Waals surface area contributed by atoms with Crippen molar-refractivity contribution in [3.63, 3.8) is 0 Å². The second-order valence-corrected chi connectivity index (χ2v) is 6.12. The number of hydrogen-bond donors (Lipinski definition) is 0. The van der Waals surface area contributed by atoms with Gasteiger partial charge in [0, 0.05) is 11.8 Å². The van der Waals surface area contributed by atoms with Gasteiger partial charge in [0.1, 0.15) is 5.15 Å². The van der Waals surface area contributed by atoms with E-state index in [4.69, 9.17) is 32.4 Å². The van der Waals surface area contributed by atoms with E-state index in [9.17, 15) is 4.79 Å². The van der Waals surface area contributed by atoms with E-state index in [1.54, 1.807) is 6.92 Å². The van der Waals surface area contributed by atoms with Crippen LogP contribution in [0.4, 0.5) is 0 Å². The van der Waals surface area contributed by atoms with Crippen molar-refractivity contribution in [2.24, 2.45) is 0 Å². The van der Waals surface area contributed by atoms with E-state index in [-0.39, 0.29) is 21.6 Å². The highest BCUT2D eigenvalue weighted by Gasteiger charge is 2.20. The molecule has 0 saturated heterocycles. The smallest absolute Gasteiger partial charge is 0.340 e. The van der Waals surface area contributed by atoms with Crippen LogP contribution >= 0.6 is 23.2 Å². The van der Waals surface area contributed by atoms with Crippen LogP contribution in [-0.2, 0) is 4.74 Å². The SMILES string of the molecule is Cc1ccc(-c2nnc([C@H](C)OC(=O)c3cnc(Cl)c(Cl)c3)o2)cc1. The van der Waals surface area contributed by atoms with E-state index in [0.717, 1.165) is 11.1 Å². The Hall–Kier alpha value is -2.44. The zero-order chi connectivity index (χ0) is 18.0. The Bertz CT molecular complexity index is 910. The van der Waals surface area contributed by atoms with E-state index >= 15 is 0 Å². The Morgan fingerprint density at radius 3 is 2.60 bits per heavy atom. The van der Waals surface area contributed by atoms with E-state index in [2.05, 4.69) is 15.2 Å². The summed E-state index contributed by atoms with van der Waals surface area (Å²) in [5, 5.41) is 8.21. The van der Waals surface area contributed by atoms with Crippen LogP contribution in [-0.4, -0.2) is 21.2 Å². The Balaban J connectivity index is 1.73. The number of hydrogen-bond acceptors (Lipinski definition) is 6. The second kappa shape index (κ2) is 7.21. The monoisotopic (exact) mass is 377 g/mol. The third-order valence-corrected chi connectivity index (χ3v) is 4.09. The normalized spacial score (nSPS) is 12.0. The number of nitrogens with zero attached hydrogens (tertiary/aromatic N) is 3. The topological polar surface area (TPSA) is 78.1 Å². The first-order chi connectivity index (χ1) is 11.9. The molecule has 8 heteroatoms. The average molecular weight is 378 g/mol. The minimum absolute atomic E-state index is 0.117. The van der Waals surface area contributed by atoms with Crippen LogP contribution < -0.4 is 0 Å². The summed E-state index contributed by atoms with van der Waals surface area (Å²) in [6, 6.07) is 9.03. The molecule has 0 unspecified atom stereocenters. The third-order valence-electron chi connectivity index (χ3n) is 3.40. The van der Waals surface area contributed by atoms with Crippen molar-refractivity contribution in [2.45, 2.75) is 20.0 Å². The molecule has 0 bridgehead atoms. The van der Waals surface area contributed by atoms with Crippen molar-refractivity contribution < 1.29 is 13.9 Å². The van der Waals surface area contributed by atoms with Crippen LogP contribution in [0.1, 0.15) is 34.8 Å². The van der Waals surface area contributed by atoms with Gasteiger partial charge in [-0.15, -0.1) is 10.2 Å². The van der Waals surface area contributed by atoms with Crippen molar-refractivity contribution in [2.75, 3.05) is 0 Å². The van der Waals surface area contributed by atoms with Crippen molar-refractivity contribution >= 4 is 29.2 Å². The molecule has 0 amide bonds. The summed E-state index contributed by atoms with van der Waals surface area (Å²) < 4.78 is 10.9. The van der Waals surface area contributed by atoms with Gasteiger partial charge in [-0.1, -0.05) is 40.9 Å². The standard InChI is InChI=1S/C17H13Cl2N3O3/c1-9-3-5-11(6-4-9)16-22-21-15(25-16)10(2)24-17(23)12-7-13(18)14(19)20-8-12/h3-8,10H,1-2H3/t10-/m0/s1. The van der Waals surface area contributed by atoms with Crippen LogP contribution in [0.25, 0.3) is 11.5 Å². The predicted octanol–water partition coefficient (Wildman–Crippen LogP) is 4.66. The maximum atomic E-state index is 12.2. The van der Waals surface area contributed by atoms with Gasteiger partial charge in [-0.3, -0.25) is 0 Å². The maximum absolute atomic E-state index is 12.2. The number of aryl methyl sites for hydroxylation is 1. The number of aromatic nitrogens is 3. The molecule has 0 radical (unpaired) electrons. The van der Waals surface area contributed by atoms with Gasteiger partial charge in [0.05, 0.1) is 10.6 Å². The Kier molecular flexibility index (Phi) is 5.01. The highest BCUT2D eigenvalue weighted by atomic mass is 35.5. The molecule has 0 aliphatic carbocycles. The molecule has 0 aliphatic heterocycles. The molecule has 0 spiro atoms. The van der Waals surface area contributed by atoms with Crippen molar-refractivity contribution in [1.82, 2.24) is 15.2 Å². The highest BCUT2D eigenvalue weighted by molar-refractivity contribution is 6.41. The summed E-state index contributed by atoms with van der Waals surface area (Å²) in [4.78, 5) is 16.0. The van der Waals surface area contributed by atoms with Gasteiger partial charge in [0.25, 0.3) is 5.89 Å². The quantitative estimate of drug-likeness (QED) is 0.485. The molecular weight excluding hydrogens is 365 g/mol. The molecule has 1 atom stereocenters. The lowest BCUT2D eigenvalue weighted by molar-refractivity contribution is 0.0279. The molecule has 0 aliphatic rings. The summed E-state index contributed by atoms with van der Waals surface area (Å²) >= 11 is 11.6. The van der Waals surface area contributed by atoms with Gasteiger partial charge < -0.3 is 9.15 Å². The molecule has 0 N–H and O–H groups in total. The fourth-order valence-electron chi connectivity index (χ4n) is 2.02. The van der Waals surface area contributed by atoms with Gasteiger partial charge >= 0.3 is 5.97 Å². The van der Waals surface area contributed by atoms with Crippen molar-refractivity contribution in [3.8, 4) is 11.5 Å². The summed E-state index contributed by atoms with van der Waals surface area (Å²) in [5.41, 5.74) is 2.09. The molecule has 0 fully saturated rings. The first-order valence-corrected chi connectivity index (χ1v) is 8.12. The highest BCUT2D eigenvalue weighted by Crippen LogP contribution is 2.24. The molecular formula is C17H13Cl2N3O3. The number of pyridine rings is 1. The van der Waals surface area contributed by atoms with Gasteiger partial charge in [0.15, 0.2) is 6.10 Å². The molecule has 1 aromatic carbocycles. The Morgan fingerprint density at radius 1 is 1.20 bits per heavy atom. The second-order valence-electron chi connectivity index (χ2n) is 5.36. The third kappa shape index (κ3) is 3.97. The first-order valence-electron chi connectivity index (χ1n) is 7.36. The molecule has 2 aromatic heterocycles. The maximum Gasteiger partial charge on any atom is 0.340 e. The molecule has 128 valence electrons. The van der Waals surface area contributed by atoms with Gasteiger partial charge in [-0.2, -0.15) is 0 Å². The van der Waals surface area contributed by atoms with Crippen LogP contribution in [0.2, 0.25) is 10.2 Å². The first kappa shape index (κ1) is 17.4. The largest absolute Gasteiger partial charge is 0.449 e. The number of carbonyl (C=O) groups excluding carboxylic acids is 1. The van der Waals surface area contributed by atoms with Crippen LogP contribution in [0.15, 0.2) is 40.9 Å². The Morgan fingerprint density at radius 2 is 1.92 bits per heavy atom. The van der Waals surface area contributed by atoms with Crippen LogP contribution in [0.5, 0.6) is 0 Å². The number of rotatable bonds is 4. The molecule has 25 heavy (non-hydrogen) atoms. The van der Waals surface area contributed by atoms with E-state index < -0.39 is 12.1 Å². The fraction of sp³-hybridized carbons (Fsp3) is 0.176. The zero-order valence-corrected chi connectivity index (χ0v) is 14.9. The van der Waals surface area contributed by atoms with E-state index in [1.807, 2.05) is 31.2 Å². The number of benzene rings is 1. The average Bonchev–Trinajstić information content (AvgIpc) is 3.08. The van der Waals surface area contributed by atoms with Gasteiger partial charge in [0.2, 0.25) is 5.89 Å². The molecule has 3 aromatic rings. The molecule has 6 nitrogen and oxygen atoms in total. The van der Waals surface area contributed by atoms with Gasteiger partial charge in [-0.25, -0.2) is 9.78 Å². The molecule has 0 saturated carbocycles. The molecule has 3 rings (SSSR count). The minimum Gasteiger partial charge on any atom is -0.449 e. The Labute approximate surface area is 153 Å². The minimum atomic E-state index is -0.728. The summed E-state index contributed by atoms with van der Waals surface area (Å²) in [6.07, 6.45) is 0.558. The summed E-state index contributed by atoms with van der Waals surface area (Å²) in [5.74, 6) is -0.0697. The number of ether oxygens (including phenoxy) is 1. The van der Waals surface area contributed by atoms with Gasteiger partial charge in [-0.05, 0) is 32.0 Å². The van der Waals surface area contributed by atoms with Crippen LogP contribution in [0.3, 0.4) is 0 Å². The summed E-state index contributed by atoms with van der Waals surface area (Å²) in [7, 11) is 0. The summed E-state index contributed by atoms with van der Waals surface area (Å²) in [6.45, 7) is 3.62. The molecule has 2 heterocycles. The predicted molar refractivity (Wildman–Crippen MR) is 92.6 cm³/mol. The zero-order valence-electron chi connectivity index (χ0n) is 13.4.